The number of hydrogen-bond donors (Lipinski definition) is 0. The minimum absolute atomic E-state index is 0.129. The molecule has 0 bridgehead atoms. The van der Waals surface area contributed by atoms with Gasteiger partial charge in [-0.2, -0.15) is 0 Å². The van der Waals surface area contributed by atoms with Gasteiger partial charge < -0.3 is 0 Å². The fraction of sp³-hybridized carbons (Fsp3) is 0.143. The van der Waals surface area contributed by atoms with Crippen molar-refractivity contribution in [2.75, 3.05) is 0 Å². The van der Waals surface area contributed by atoms with Crippen molar-refractivity contribution in [3.05, 3.63) is 64.3 Å². The van der Waals surface area contributed by atoms with Crippen molar-refractivity contribution in [3.63, 3.8) is 0 Å². The van der Waals surface area contributed by atoms with Crippen LogP contribution in [0.5, 0.6) is 0 Å². The summed E-state index contributed by atoms with van der Waals surface area (Å²) < 4.78 is 133. The number of halogens is 10. The van der Waals surface area contributed by atoms with Crippen LogP contribution >= 0.6 is 11.8 Å². The minimum atomic E-state index is -2.45. The summed E-state index contributed by atoms with van der Waals surface area (Å²) in [5.41, 5.74) is 0. The predicted octanol–water partition coefficient (Wildman–Crippen LogP) is 6.40. The molecule has 1 atom stereocenters. The van der Waals surface area contributed by atoms with Crippen LogP contribution in [0.2, 0.25) is 0 Å². The quantitative estimate of drug-likeness (QED) is 0.318. The maximum Gasteiger partial charge on any atom is 0.200 e. The van der Waals surface area contributed by atoms with Crippen molar-refractivity contribution in [3.8, 4) is 0 Å². The molecule has 0 spiro atoms. The maximum atomic E-state index is 13.6. The Kier molecular flexibility index (Phi) is 5.55. The minimum Gasteiger partial charge on any atom is -0.208 e. The SMILES string of the molecule is FC1=C[C@H](Sc2c(F)c(F)c(F)c(F)c2F)C/C(F)=C(\F)C(F)=C1F. The highest BCUT2D eigenvalue weighted by Crippen LogP contribution is 2.40. The van der Waals surface area contributed by atoms with Crippen LogP contribution in [0.25, 0.3) is 0 Å². The second-order valence-electron chi connectivity index (χ2n) is 4.62. The lowest BCUT2D eigenvalue weighted by Crippen LogP contribution is -2.09. The molecule has 1 aliphatic rings. The molecule has 0 fully saturated rings. The Balaban J connectivity index is 2.52. The first-order valence-corrected chi connectivity index (χ1v) is 7.09. The highest BCUT2D eigenvalue weighted by atomic mass is 32.2. The van der Waals surface area contributed by atoms with Gasteiger partial charge in [-0.3, -0.25) is 0 Å². The molecule has 11 heteroatoms. The number of hydrogen-bond acceptors (Lipinski definition) is 1. The largest absolute Gasteiger partial charge is 0.208 e. The molecule has 0 heterocycles. The van der Waals surface area contributed by atoms with Crippen LogP contribution in [-0.4, -0.2) is 5.25 Å². The lowest BCUT2D eigenvalue weighted by Gasteiger charge is -2.16. The normalized spacial score (nSPS) is 22.0. The summed E-state index contributed by atoms with van der Waals surface area (Å²) >= 11 is -0.275. The first-order valence-electron chi connectivity index (χ1n) is 6.21. The Morgan fingerprint density at radius 3 is 1.64 bits per heavy atom. The molecule has 0 nitrogen and oxygen atoms in total. The highest BCUT2D eigenvalue weighted by molar-refractivity contribution is 8.00. The van der Waals surface area contributed by atoms with E-state index in [9.17, 15) is 43.9 Å². The van der Waals surface area contributed by atoms with E-state index in [1.54, 1.807) is 0 Å². The maximum absolute atomic E-state index is 13.6. The number of benzene rings is 1. The summed E-state index contributed by atoms with van der Waals surface area (Å²) in [6.07, 6.45) is -1.10. The first-order chi connectivity index (χ1) is 11.6. The Labute approximate surface area is 137 Å². The lowest BCUT2D eigenvalue weighted by atomic mass is 10.1. The van der Waals surface area contributed by atoms with Crippen molar-refractivity contribution < 1.29 is 43.9 Å². The topological polar surface area (TPSA) is 0 Å². The molecule has 0 radical (unpaired) electrons. The van der Waals surface area contributed by atoms with E-state index in [2.05, 4.69) is 0 Å². The third kappa shape index (κ3) is 3.55. The van der Waals surface area contributed by atoms with Gasteiger partial charge in [0.05, 0.1) is 4.90 Å². The van der Waals surface area contributed by atoms with E-state index in [1.165, 1.54) is 0 Å². The Morgan fingerprint density at radius 2 is 1.12 bits per heavy atom. The Hall–Kier alpha value is -1.91. The molecule has 0 N–H and O–H groups in total. The van der Waals surface area contributed by atoms with Gasteiger partial charge in [0.1, 0.15) is 5.83 Å². The van der Waals surface area contributed by atoms with E-state index in [0.29, 0.717) is 0 Å². The van der Waals surface area contributed by atoms with E-state index in [0.717, 1.165) is 0 Å². The molecule has 2 rings (SSSR count). The summed E-state index contributed by atoms with van der Waals surface area (Å²) in [5, 5.41) is -1.84. The van der Waals surface area contributed by atoms with Gasteiger partial charge in [0.25, 0.3) is 0 Å². The van der Waals surface area contributed by atoms with Crippen LogP contribution in [0.1, 0.15) is 6.42 Å². The number of rotatable bonds is 2. The third-order valence-corrected chi connectivity index (χ3v) is 4.18. The van der Waals surface area contributed by atoms with Gasteiger partial charge >= 0.3 is 0 Å². The molecule has 1 aliphatic carbocycles. The van der Waals surface area contributed by atoms with Crippen LogP contribution in [0.3, 0.4) is 0 Å². The molecule has 25 heavy (non-hydrogen) atoms. The zero-order valence-corrected chi connectivity index (χ0v) is 12.4. The second kappa shape index (κ2) is 7.14. The van der Waals surface area contributed by atoms with Crippen molar-refractivity contribution in [2.24, 2.45) is 0 Å². The number of thioether (sulfide) groups is 1. The highest BCUT2D eigenvalue weighted by Gasteiger charge is 2.31. The standard InChI is InChI=1S/C14H4F10S/c15-4-1-3(2-5(16)7(18)8(19)6(4)17)25-14-12(23)10(21)9(20)11(22)13(14)24/h1,3H,2H2/b4-1?,7-5+,8-6?/t3-/m0/s1. The molecule has 1 aromatic carbocycles. The summed E-state index contributed by atoms with van der Waals surface area (Å²) in [6.45, 7) is 0. The summed E-state index contributed by atoms with van der Waals surface area (Å²) in [7, 11) is 0. The monoisotopic (exact) mass is 394 g/mol. The molecule has 0 amide bonds. The Bertz CT molecular complexity index is 794. The van der Waals surface area contributed by atoms with Crippen LogP contribution in [-0.2, 0) is 0 Å². The smallest absolute Gasteiger partial charge is 0.200 e. The zero-order chi connectivity index (χ0) is 19.0. The van der Waals surface area contributed by atoms with E-state index in [4.69, 9.17) is 0 Å². The molecular weight excluding hydrogens is 390 g/mol. The van der Waals surface area contributed by atoms with Crippen molar-refractivity contribution in [1.82, 2.24) is 0 Å². The second-order valence-corrected chi connectivity index (χ2v) is 5.87. The molecule has 136 valence electrons. The predicted molar refractivity (Wildman–Crippen MR) is 68.2 cm³/mol. The summed E-state index contributed by atoms with van der Waals surface area (Å²) in [5.74, 6) is -22.8. The number of allylic oxidation sites excluding steroid dienone is 5. The van der Waals surface area contributed by atoms with Crippen molar-refractivity contribution in [2.45, 2.75) is 16.6 Å². The average molecular weight is 394 g/mol. The lowest BCUT2D eigenvalue weighted by molar-refractivity contribution is 0.360. The average Bonchev–Trinajstić information content (AvgIpc) is 2.58. The molecule has 1 aromatic rings. The van der Waals surface area contributed by atoms with Crippen molar-refractivity contribution in [1.29, 1.82) is 0 Å². The van der Waals surface area contributed by atoms with Crippen LogP contribution in [0.15, 0.2) is 40.1 Å². The van der Waals surface area contributed by atoms with Crippen LogP contribution < -0.4 is 0 Å². The third-order valence-electron chi connectivity index (χ3n) is 2.98. The van der Waals surface area contributed by atoms with Crippen LogP contribution in [0, 0.1) is 29.1 Å². The summed E-state index contributed by atoms with van der Waals surface area (Å²) in [6, 6.07) is 0. The van der Waals surface area contributed by atoms with Gasteiger partial charge in [0.15, 0.2) is 46.6 Å². The molecule has 0 aromatic heterocycles. The van der Waals surface area contributed by atoms with Gasteiger partial charge in [-0.15, -0.1) is 11.8 Å². The van der Waals surface area contributed by atoms with E-state index < -0.39 is 74.8 Å². The fourth-order valence-electron chi connectivity index (χ4n) is 1.80. The van der Waals surface area contributed by atoms with Crippen molar-refractivity contribution >= 4 is 11.8 Å². The van der Waals surface area contributed by atoms with Crippen LogP contribution in [0.4, 0.5) is 43.9 Å². The molecule has 0 saturated heterocycles. The van der Waals surface area contributed by atoms with Gasteiger partial charge in [-0.1, -0.05) is 0 Å². The van der Waals surface area contributed by atoms with Gasteiger partial charge in [-0.05, 0) is 6.08 Å². The van der Waals surface area contributed by atoms with Gasteiger partial charge in [0.2, 0.25) is 5.82 Å². The first kappa shape index (κ1) is 19.4. The zero-order valence-electron chi connectivity index (χ0n) is 11.5. The Morgan fingerprint density at radius 1 is 0.640 bits per heavy atom. The molecule has 0 unspecified atom stereocenters. The fourth-order valence-corrected chi connectivity index (χ4v) is 2.90. The molecule has 0 saturated carbocycles. The van der Waals surface area contributed by atoms with E-state index in [1.807, 2.05) is 0 Å². The molecular formula is C14H4F10S. The molecule has 0 aliphatic heterocycles. The summed E-state index contributed by atoms with van der Waals surface area (Å²) in [4.78, 5) is -1.51. The van der Waals surface area contributed by atoms with Gasteiger partial charge in [-0.25, -0.2) is 43.9 Å². The van der Waals surface area contributed by atoms with E-state index >= 15 is 0 Å². The van der Waals surface area contributed by atoms with E-state index in [-0.39, 0.29) is 17.8 Å². The van der Waals surface area contributed by atoms with Gasteiger partial charge in [0, 0.05) is 11.7 Å².